The van der Waals surface area contributed by atoms with Gasteiger partial charge in [-0.05, 0) is 6.26 Å². The Balaban J connectivity index is 0.00000112. The average molecular weight is 274 g/mol. The number of aromatic nitrogens is 2. The van der Waals surface area contributed by atoms with E-state index in [9.17, 15) is 0 Å². The molecule has 2 N–H and O–H groups in total. The van der Waals surface area contributed by atoms with E-state index in [2.05, 4.69) is 16.0 Å². The van der Waals surface area contributed by atoms with Crippen LogP contribution in [0.25, 0.3) is 11.3 Å². The molecule has 3 nitrogen and oxygen atoms in total. The molecule has 0 aliphatic rings. The van der Waals surface area contributed by atoms with Crippen molar-refractivity contribution in [2.45, 2.75) is 5.03 Å². The van der Waals surface area contributed by atoms with Gasteiger partial charge in [0.15, 0.2) is 0 Å². The number of nitrogen functional groups attached to an aromatic ring is 1. The number of hydrogen-bond donors (Lipinski definition) is 1. The summed E-state index contributed by atoms with van der Waals surface area (Å²) in [5, 5.41) is 0.877. The van der Waals surface area contributed by atoms with Gasteiger partial charge in [0, 0.05) is 0 Å². The second-order valence-corrected chi connectivity index (χ2v) is 3.56. The number of anilines is 1. The zero-order valence-corrected chi connectivity index (χ0v) is 11.0. The molecule has 2 aromatic rings. The van der Waals surface area contributed by atoms with Crippen molar-refractivity contribution in [1.29, 1.82) is 0 Å². The van der Waals surface area contributed by atoms with Gasteiger partial charge in [0.2, 0.25) is 5.95 Å². The van der Waals surface area contributed by atoms with E-state index in [4.69, 9.17) is 5.73 Å². The first-order valence-electron chi connectivity index (χ1n) is 4.12. The molecule has 16 heavy (non-hydrogen) atoms. The van der Waals surface area contributed by atoms with Gasteiger partial charge < -0.3 is 24.2 Å². The van der Waals surface area contributed by atoms with Crippen molar-refractivity contribution in [3.8, 4) is 11.3 Å². The van der Waals surface area contributed by atoms with Crippen molar-refractivity contribution < 1.29 is 17.1 Å². The maximum absolute atomic E-state index is 5.59. The van der Waals surface area contributed by atoms with E-state index in [0.29, 0.717) is 5.95 Å². The van der Waals surface area contributed by atoms with Gasteiger partial charge in [-0.2, -0.15) is 0 Å². The average Bonchev–Trinajstić information content (AvgIpc) is 2.69. The molecule has 2 rings (SSSR count). The summed E-state index contributed by atoms with van der Waals surface area (Å²) in [7, 11) is 0. The molecular weight excluding hydrogens is 262 g/mol. The van der Waals surface area contributed by atoms with Crippen molar-refractivity contribution in [2.24, 2.45) is 0 Å². The van der Waals surface area contributed by atoms with Crippen molar-refractivity contribution in [3.05, 3.63) is 37.8 Å². The van der Waals surface area contributed by atoms with E-state index in [1.54, 1.807) is 11.8 Å². The zero-order valence-electron chi connectivity index (χ0n) is 9.04. The van der Waals surface area contributed by atoms with E-state index in [-0.39, 0.29) is 24.5 Å². The first kappa shape index (κ1) is 15.1. The number of hydrogen-bond acceptors (Lipinski definition) is 4. The molecule has 0 atom stereocenters. The SMILES string of the molecule is CSc1cc(-c2[c-]cc[cH-]2)nc(N)n1.[CH3-].[Fe+3]. The van der Waals surface area contributed by atoms with E-state index < -0.39 is 0 Å². The Kier molecular flexibility index (Phi) is 6.26. The molecule has 0 saturated heterocycles. The van der Waals surface area contributed by atoms with Crippen LogP contribution < -0.4 is 5.73 Å². The molecule has 1 heterocycles. The number of rotatable bonds is 2. The van der Waals surface area contributed by atoms with E-state index in [1.807, 2.05) is 30.5 Å². The molecule has 0 saturated carbocycles. The van der Waals surface area contributed by atoms with Gasteiger partial charge in [0.25, 0.3) is 0 Å². The Hall–Kier alpha value is -0.901. The first-order valence-corrected chi connectivity index (χ1v) is 5.34. The van der Waals surface area contributed by atoms with Gasteiger partial charge in [-0.1, -0.05) is 11.8 Å². The Bertz CT molecular complexity index is 429. The summed E-state index contributed by atoms with van der Waals surface area (Å²) in [6.45, 7) is 0. The maximum Gasteiger partial charge on any atom is 3.00 e. The quantitative estimate of drug-likeness (QED) is 0.395. The molecule has 1 radical (unpaired) electrons. The number of nitrogens with two attached hydrogens (primary N) is 1. The third kappa shape index (κ3) is 3.30. The van der Waals surface area contributed by atoms with Gasteiger partial charge in [0.1, 0.15) is 0 Å². The fourth-order valence-electron chi connectivity index (χ4n) is 1.18. The van der Waals surface area contributed by atoms with Crippen molar-refractivity contribution >= 4 is 17.7 Å². The fraction of sp³-hybridized carbons (Fsp3) is 0.0909. The monoisotopic (exact) mass is 274 g/mol. The van der Waals surface area contributed by atoms with Crippen LogP contribution in [0, 0.1) is 13.5 Å². The first-order chi connectivity index (χ1) is 6.79. The number of nitrogens with zero attached hydrogens (tertiary/aromatic N) is 2. The van der Waals surface area contributed by atoms with Crippen LogP contribution in [0.5, 0.6) is 0 Å². The van der Waals surface area contributed by atoms with Crippen LogP contribution >= 0.6 is 11.8 Å². The maximum atomic E-state index is 5.59. The normalized spacial score (nSPS) is 9.06. The molecule has 0 amide bonds. The minimum atomic E-state index is 0. The van der Waals surface area contributed by atoms with Gasteiger partial charge in [-0.3, -0.25) is 23.8 Å². The standard InChI is InChI=1S/C10H9N3S.CH3.Fe/c1-14-9-6-8(12-10(11)13-9)7-4-2-3-5-7;;/h2-4,6H,1H3,(H2,11,12,13);1H3;/q-2;-1;+3. The summed E-state index contributed by atoms with van der Waals surface area (Å²) in [6.07, 6.45) is 1.96. The predicted molar refractivity (Wildman–Crippen MR) is 64.5 cm³/mol. The van der Waals surface area contributed by atoms with Crippen LogP contribution in [0.4, 0.5) is 5.95 Å². The summed E-state index contributed by atoms with van der Waals surface area (Å²) < 4.78 is 0. The summed E-state index contributed by atoms with van der Waals surface area (Å²) in [5.41, 5.74) is 7.37. The van der Waals surface area contributed by atoms with Gasteiger partial charge in [-0.25, -0.2) is 4.98 Å². The molecular formula is C11H12FeN3S. The molecule has 1 aromatic heterocycles. The van der Waals surface area contributed by atoms with E-state index >= 15 is 0 Å². The van der Waals surface area contributed by atoms with Crippen LogP contribution in [-0.2, 0) is 17.1 Å². The molecule has 0 bridgehead atoms. The zero-order chi connectivity index (χ0) is 9.97. The summed E-state index contributed by atoms with van der Waals surface area (Å²) in [6, 6.07) is 10.7. The van der Waals surface area contributed by atoms with Gasteiger partial charge in [-0.15, -0.1) is 11.8 Å². The summed E-state index contributed by atoms with van der Waals surface area (Å²) in [5.74, 6) is 0.307. The molecule has 85 valence electrons. The third-order valence-corrected chi connectivity index (χ3v) is 2.43. The van der Waals surface area contributed by atoms with E-state index in [1.165, 1.54) is 0 Å². The van der Waals surface area contributed by atoms with Crippen molar-refractivity contribution in [1.82, 2.24) is 9.97 Å². The predicted octanol–water partition coefficient (Wildman–Crippen LogP) is 2.41. The van der Waals surface area contributed by atoms with Crippen LogP contribution in [-0.4, -0.2) is 16.2 Å². The summed E-state index contributed by atoms with van der Waals surface area (Å²) in [4.78, 5) is 8.22. The Morgan fingerprint density at radius 2 is 2.19 bits per heavy atom. The minimum Gasteiger partial charge on any atom is -0.369 e. The molecule has 5 heteroatoms. The Morgan fingerprint density at radius 3 is 2.75 bits per heavy atom. The second kappa shape index (κ2) is 6.63. The molecule has 0 fully saturated rings. The Labute approximate surface area is 111 Å². The summed E-state index contributed by atoms with van der Waals surface area (Å²) >= 11 is 1.55. The fourth-order valence-corrected chi connectivity index (χ4v) is 1.59. The van der Waals surface area contributed by atoms with Crippen molar-refractivity contribution in [2.75, 3.05) is 12.0 Å². The molecule has 0 spiro atoms. The van der Waals surface area contributed by atoms with Crippen LogP contribution in [0.2, 0.25) is 0 Å². The van der Waals surface area contributed by atoms with Gasteiger partial charge in [0.05, 0.1) is 5.03 Å². The van der Waals surface area contributed by atoms with Crippen LogP contribution in [0.3, 0.4) is 0 Å². The molecule has 1 aromatic carbocycles. The van der Waals surface area contributed by atoms with Gasteiger partial charge >= 0.3 is 17.1 Å². The van der Waals surface area contributed by atoms with Crippen molar-refractivity contribution in [3.63, 3.8) is 0 Å². The topological polar surface area (TPSA) is 51.8 Å². The minimum absolute atomic E-state index is 0. The van der Waals surface area contributed by atoms with Crippen LogP contribution in [0.1, 0.15) is 0 Å². The van der Waals surface area contributed by atoms with Crippen LogP contribution in [0.15, 0.2) is 29.3 Å². The molecule has 0 aliphatic heterocycles. The largest absolute Gasteiger partial charge is 3.00 e. The molecule has 0 aliphatic carbocycles. The van der Waals surface area contributed by atoms with E-state index in [0.717, 1.165) is 16.3 Å². The smallest absolute Gasteiger partial charge is 0.369 e. The second-order valence-electron chi connectivity index (χ2n) is 2.74. The Morgan fingerprint density at radius 1 is 1.44 bits per heavy atom. The third-order valence-electron chi connectivity index (χ3n) is 1.80. The number of thioether (sulfide) groups is 1. The molecule has 0 unspecified atom stereocenters.